The van der Waals surface area contributed by atoms with Crippen molar-refractivity contribution in [2.24, 2.45) is 0 Å². The number of anilines is 1. The van der Waals surface area contributed by atoms with Gasteiger partial charge in [0.2, 0.25) is 5.91 Å². The average molecular weight is 516 g/mol. The molecule has 1 unspecified atom stereocenters. The number of nitrogens with one attached hydrogen (secondary N) is 4. The Morgan fingerprint density at radius 3 is 2.79 bits per heavy atom. The Bertz CT molecular complexity index is 1440. The summed E-state index contributed by atoms with van der Waals surface area (Å²) in [6, 6.07) is 13.6. The molecular weight excluding hydrogens is 485 g/mol. The van der Waals surface area contributed by atoms with Crippen molar-refractivity contribution in [3.05, 3.63) is 76.9 Å². The third-order valence-corrected chi connectivity index (χ3v) is 6.87. The van der Waals surface area contributed by atoms with Crippen molar-refractivity contribution in [2.75, 3.05) is 31.5 Å². The van der Waals surface area contributed by atoms with Gasteiger partial charge in [-0.1, -0.05) is 24.3 Å². The summed E-state index contributed by atoms with van der Waals surface area (Å²) in [5.41, 5.74) is 4.85. The first-order valence-corrected chi connectivity index (χ1v) is 12.7. The lowest BCUT2D eigenvalue weighted by molar-refractivity contribution is -0.119. The number of aromatic amines is 1. The minimum Gasteiger partial charge on any atom is -0.358 e. The highest BCUT2D eigenvalue weighted by Crippen LogP contribution is 2.40. The Hall–Kier alpha value is -4.24. The lowest BCUT2D eigenvalue weighted by Crippen LogP contribution is -2.38. The number of likely N-dealkylation sites (tertiary alicyclic amines) is 1. The van der Waals surface area contributed by atoms with E-state index in [0.717, 1.165) is 30.8 Å². The van der Waals surface area contributed by atoms with Crippen molar-refractivity contribution in [2.45, 2.75) is 26.3 Å². The molecule has 0 saturated carbocycles. The summed E-state index contributed by atoms with van der Waals surface area (Å²) in [4.78, 5) is 42.8. The molecule has 3 amide bonds. The molecule has 1 fully saturated rings. The number of nitrogens with zero attached hydrogens (tertiary/aromatic N) is 1. The molecule has 9 heteroatoms. The molecular formula is C29H30FN5O3. The molecule has 38 heavy (non-hydrogen) atoms. The summed E-state index contributed by atoms with van der Waals surface area (Å²) < 4.78 is 14.0. The summed E-state index contributed by atoms with van der Waals surface area (Å²) in [5.74, 6) is -0.918. The molecule has 1 aromatic heterocycles. The Morgan fingerprint density at radius 2 is 2.00 bits per heavy atom. The van der Waals surface area contributed by atoms with Gasteiger partial charge < -0.3 is 20.9 Å². The Kier molecular flexibility index (Phi) is 7.11. The molecule has 196 valence electrons. The maximum atomic E-state index is 14.0. The van der Waals surface area contributed by atoms with Crippen LogP contribution in [0.15, 0.2) is 48.5 Å². The molecule has 2 aromatic carbocycles. The van der Waals surface area contributed by atoms with Crippen LogP contribution in [0.4, 0.5) is 10.1 Å². The van der Waals surface area contributed by atoms with Gasteiger partial charge in [0.1, 0.15) is 5.82 Å². The number of hydrogen-bond donors (Lipinski definition) is 4. The van der Waals surface area contributed by atoms with Gasteiger partial charge in [0.05, 0.1) is 16.8 Å². The molecule has 4 N–H and O–H groups in total. The van der Waals surface area contributed by atoms with Gasteiger partial charge in [-0.2, -0.15) is 0 Å². The second-order valence-electron chi connectivity index (χ2n) is 9.77. The first kappa shape index (κ1) is 25.4. The Balaban J connectivity index is 1.35. The molecule has 3 aromatic rings. The van der Waals surface area contributed by atoms with Crippen LogP contribution in [0.25, 0.3) is 22.8 Å². The van der Waals surface area contributed by atoms with Crippen molar-refractivity contribution < 1.29 is 18.8 Å². The van der Waals surface area contributed by atoms with Crippen LogP contribution in [-0.2, 0) is 9.59 Å². The molecule has 0 bridgehead atoms. The zero-order valence-electron chi connectivity index (χ0n) is 21.4. The van der Waals surface area contributed by atoms with Crippen molar-refractivity contribution in [1.82, 2.24) is 20.5 Å². The van der Waals surface area contributed by atoms with E-state index in [-0.39, 0.29) is 29.6 Å². The number of carbonyl (C=O) groups excluding carboxylic acids is 3. The minimum absolute atomic E-state index is 0.0312. The highest BCUT2D eigenvalue weighted by molar-refractivity contribution is 6.36. The number of aromatic nitrogens is 1. The second kappa shape index (κ2) is 10.6. The van der Waals surface area contributed by atoms with Gasteiger partial charge in [-0.15, -0.1) is 0 Å². The predicted octanol–water partition coefficient (Wildman–Crippen LogP) is 3.56. The van der Waals surface area contributed by atoms with E-state index >= 15 is 0 Å². The van der Waals surface area contributed by atoms with Crippen LogP contribution >= 0.6 is 0 Å². The van der Waals surface area contributed by atoms with Crippen LogP contribution in [0.2, 0.25) is 0 Å². The second-order valence-corrected chi connectivity index (χ2v) is 9.77. The van der Waals surface area contributed by atoms with E-state index < -0.39 is 0 Å². The minimum atomic E-state index is -0.360. The fourth-order valence-electron chi connectivity index (χ4n) is 5.20. The van der Waals surface area contributed by atoms with E-state index in [0.29, 0.717) is 46.7 Å². The van der Waals surface area contributed by atoms with Crippen LogP contribution in [0.1, 0.15) is 40.7 Å². The van der Waals surface area contributed by atoms with E-state index in [1.165, 1.54) is 19.1 Å². The zero-order chi connectivity index (χ0) is 26.8. The van der Waals surface area contributed by atoms with Gasteiger partial charge in [-0.3, -0.25) is 19.3 Å². The molecule has 1 atom stereocenters. The maximum absolute atomic E-state index is 14.0. The van der Waals surface area contributed by atoms with Gasteiger partial charge in [-0.05, 0) is 54.8 Å². The highest BCUT2D eigenvalue weighted by Gasteiger charge is 2.28. The molecule has 8 nitrogen and oxygen atoms in total. The smallest absolute Gasteiger partial charge is 0.256 e. The number of carbonyl (C=O) groups is 3. The summed E-state index contributed by atoms with van der Waals surface area (Å²) in [6.07, 6.45) is 2.58. The van der Waals surface area contributed by atoms with Crippen molar-refractivity contribution in [3.63, 3.8) is 0 Å². The highest BCUT2D eigenvalue weighted by atomic mass is 19.1. The number of benzene rings is 2. The quantitative estimate of drug-likeness (QED) is 0.361. The normalized spacial score (nSPS) is 17.9. The Morgan fingerprint density at radius 1 is 1.18 bits per heavy atom. The maximum Gasteiger partial charge on any atom is 0.256 e. The summed E-state index contributed by atoms with van der Waals surface area (Å²) in [5, 5.41) is 8.80. The molecule has 1 saturated heterocycles. The monoisotopic (exact) mass is 515 g/mol. The first-order chi connectivity index (χ1) is 18.3. The zero-order valence-corrected chi connectivity index (χ0v) is 21.4. The molecule has 0 radical (unpaired) electrons. The fraction of sp³-hybridized carbons (Fsp3) is 0.276. The lowest BCUT2D eigenvalue weighted by Gasteiger charge is -2.16. The van der Waals surface area contributed by atoms with Crippen molar-refractivity contribution >= 4 is 35.1 Å². The van der Waals surface area contributed by atoms with E-state index in [4.69, 9.17) is 0 Å². The predicted molar refractivity (Wildman–Crippen MR) is 145 cm³/mol. The van der Waals surface area contributed by atoms with Crippen LogP contribution < -0.4 is 16.0 Å². The van der Waals surface area contributed by atoms with Gasteiger partial charge >= 0.3 is 0 Å². The Labute approximate surface area is 220 Å². The molecule has 3 heterocycles. The molecule has 0 aliphatic carbocycles. The SMILES string of the molecule is CC(=O)NC1CCN(CCNC(=O)c2cc(C)[nH]c2C=C2C(=O)Nc3cccc(-c4cccc(F)c4)c32)C1. The van der Waals surface area contributed by atoms with Crippen LogP contribution in [0, 0.1) is 12.7 Å². The lowest BCUT2D eigenvalue weighted by atomic mass is 9.94. The van der Waals surface area contributed by atoms with E-state index in [1.54, 1.807) is 30.3 Å². The van der Waals surface area contributed by atoms with E-state index in [9.17, 15) is 18.8 Å². The summed E-state index contributed by atoms with van der Waals surface area (Å²) >= 11 is 0. The van der Waals surface area contributed by atoms with Crippen molar-refractivity contribution in [1.29, 1.82) is 0 Å². The fourth-order valence-corrected chi connectivity index (χ4v) is 5.20. The number of halogens is 1. The molecule has 5 rings (SSSR count). The first-order valence-electron chi connectivity index (χ1n) is 12.7. The van der Waals surface area contributed by atoms with Crippen molar-refractivity contribution in [3.8, 4) is 11.1 Å². The number of H-pyrrole nitrogens is 1. The number of rotatable bonds is 7. The van der Waals surface area contributed by atoms with Gasteiger partial charge in [-0.25, -0.2) is 4.39 Å². The summed E-state index contributed by atoms with van der Waals surface area (Å²) in [6.45, 7) is 6.13. The number of amides is 3. The third kappa shape index (κ3) is 5.38. The van der Waals surface area contributed by atoms with Crippen LogP contribution in [0.5, 0.6) is 0 Å². The van der Waals surface area contributed by atoms with Gasteiger partial charge in [0.25, 0.3) is 11.8 Å². The third-order valence-electron chi connectivity index (χ3n) is 6.87. The van der Waals surface area contributed by atoms with E-state index in [2.05, 4.69) is 25.8 Å². The number of aryl methyl sites for hydroxylation is 1. The molecule has 0 spiro atoms. The average Bonchev–Trinajstić information content (AvgIpc) is 3.56. The molecule has 2 aliphatic heterocycles. The number of hydrogen-bond acceptors (Lipinski definition) is 4. The standard InChI is InChI=1S/C29H30FN5O3/c1-17-13-23(28(37)31-10-12-35-11-9-21(16-35)33-18(2)36)26(32-17)15-24-27-22(19-5-3-6-20(30)14-19)7-4-8-25(27)34-29(24)38/h3-8,13-15,21,32H,9-12,16H2,1-2H3,(H,31,37)(H,33,36)(H,34,38). The van der Waals surface area contributed by atoms with Crippen LogP contribution in [0.3, 0.4) is 0 Å². The van der Waals surface area contributed by atoms with E-state index in [1.807, 2.05) is 19.1 Å². The summed E-state index contributed by atoms with van der Waals surface area (Å²) in [7, 11) is 0. The van der Waals surface area contributed by atoms with Gasteiger partial charge in [0.15, 0.2) is 0 Å². The van der Waals surface area contributed by atoms with Gasteiger partial charge in [0, 0.05) is 56.1 Å². The molecule has 2 aliphatic rings. The largest absolute Gasteiger partial charge is 0.358 e. The number of fused-ring (bicyclic) bond motifs is 1. The van der Waals surface area contributed by atoms with Crippen LogP contribution in [-0.4, -0.2) is 59.8 Å². The topological polar surface area (TPSA) is 106 Å².